The molecule has 0 heterocycles. The molecular weight excluding hydrogens is 232 g/mol. The van der Waals surface area contributed by atoms with Crippen molar-refractivity contribution in [2.24, 2.45) is 0 Å². The average molecular weight is 251 g/mol. The van der Waals surface area contributed by atoms with Crippen LogP contribution in [0.15, 0.2) is 24.3 Å². The molecule has 92 valence electrons. The Hall–Kier alpha value is -1.20. The van der Waals surface area contributed by atoms with Crippen molar-refractivity contribution < 1.29 is 0 Å². The molecular formula is C14H19ClN2. The summed E-state index contributed by atoms with van der Waals surface area (Å²) >= 11 is 5.83. The van der Waals surface area contributed by atoms with Crippen LogP contribution in [0.4, 0.5) is 5.69 Å². The first kappa shape index (κ1) is 13.9. The summed E-state index contributed by atoms with van der Waals surface area (Å²) in [4.78, 5) is 0. The lowest BCUT2D eigenvalue weighted by Gasteiger charge is -2.24. The van der Waals surface area contributed by atoms with Crippen LogP contribution >= 0.6 is 11.6 Å². The minimum Gasteiger partial charge on any atom is -0.368 e. The third kappa shape index (κ3) is 4.66. The van der Waals surface area contributed by atoms with E-state index in [-0.39, 0.29) is 0 Å². The maximum Gasteiger partial charge on any atom is 0.122 e. The van der Waals surface area contributed by atoms with E-state index in [1.54, 1.807) is 0 Å². The van der Waals surface area contributed by atoms with Crippen molar-refractivity contribution in [3.05, 3.63) is 29.3 Å². The molecule has 3 heteroatoms. The first-order valence-electron chi connectivity index (χ1n) is 6.04. The van der Waals surface area contributed by atoms with Crippen LogP contribution in [0.2, 0.25) is 5.02 Å². The van der Waals surface area contributed by atoms with Crippen LogP contribution in [0, 0.1) is 11.3 Å². The first-order chi connectivity index (χ1) is 8.09. The van der Waals surface area contributed by atoms with Gasteiger partial charge in [0, 0.05) is 10.7 Å². The predicted octanol–water partition coefficient (Wildman–Crippen LogP) is 4.61. The van der Waals surface area contributed by atoms with Gasteiger partial charge < -0.3 is 5.32 Å². The summed E-state index contributed by atoms with van der Waals surface area (Å²) < 4.78 is 0. The molecule has 0 aliphatic heterocycles. The van der Waals surface area contributed by atoms with Crippen molar-refractivity contribution in [1.29, 1.82) is 5.26 Å². The van der Waals surface area contributed by atoms with E-state index in [9.17, 15) is 5.26 Å². The van der Waals surface area contributed by atoms with Gasteiger partial charge in [-0.3, -0.25) is 0 Å². The van der Waals surface area contributed by atoms with Crippen LogP contribution in [-0.4, -0.2) is 5.54 Å². The number of nitrogens with one attached hydrogen (secondary N) is 1. The van der Waals surface area contributed by atoms with Crippen LogP contribution in [0.5, 0.6) is 0 Å². The summed E-state index contributed by atoms with van der Waals surface area (Å²) in [5.41, 5.74) is 0.443. The number of nitriles is 1. The third-order valence-corrected chi connectivity index (χ3v) is 3.04. The van der Waals surface area contributed by atoms with Gasteiger partial charge in [-0.1, -0.05) is 37.8 Å². The molecule has 1 atom stereocenters. The number of hydrogen-bond acceptors (Lipinski definition) is 2. The lowest BCUT2D eigenvalue weighted by atomic mass is 9.95. The number of anilines is 1. The fourth-order valence-electron chi connectivity index (χ4n) is 1.73. The van der Waals surface area contributed by atoms with Gasteiger partial charge in [0.1, 0.15) is 5.54 Å². The summed E-state index contributed by atoms with van der Waals surface area (Å²) in [5, 5.41) is 13.2. The van der Waals surface area contributed by atoms with Crippen molar-refractivity contribution in [2.45, 2.75) is 45.1 Å². The lowest BCUT2D eigenvalue weighted by molar-refractivity contribution is 0.538. The molecule has 0 aromatic heterocycles. The number of rotatable bonds is 6. The van der Waals surface area contributed by atoms with Crippen molar-refractivity contribution >= 4 is 17.3 Å². The van der Waals surface area contributed by atoms with Crippen molar-refractivity contribution in [3.63, 3.8) is 0 Å². The Bertz CT molecular complexity index is 380. The number of halogens is 1. The highest BCUT2D eigenvalue weighted by molar-refractivity contribution is 6.30. The SMILES string of the molecule is CCCCCC(C)(C#N)Nc1ccc(Cl)cc1. The number of nitrogens with zero attached hydrogens (tertiary/aromatic N) is 1. The van der Waals surface area contributed by atoms with Gasteiger partial charge in [0.25, 0.3) is 0 Å². The zero-order chi connectivity index (χ0) is 12.7. The molecule has 17 heavy (non-hydrogen) atoms. The van der Waals surface area contributed by atoms with Crippen LogP contribution in [0.3, 0.4) is 0 Å². The zero-order valence-electron chi connectivity index (χ0n) is 10.5. The molecule has 1 aromatic rings. The fraction of sp³-hybridized carbons (Fsp3) is 0.500. The van der Waals surface area contributed by atoms with Gasteiger partial charge in [-0.05, 0) is 37.6 Å². The molecule has 0 bridgehead atoms. The molecule has 0 spiro atoms. The number of hydrogen-bond donors (Lipinski definition) is 1. The summed E-state index contributed by atoms with van der Waals surface area (Å²) in [6.07, 6.45) is 4.27. The van der Waals surface area contributed by atoms with Crippen LogP contribution in [0.1, 0.15) is 39.5 Å². The van der Waals surface area contributed by atoms with Gasteiger partial charge in [0.15, 0.2) is 0 Å². The molecule has 1 unspecified atom stereocenters. The maximum absolute atomic E-state index is 9.26. The molecule has 0 aliphatic carbocycles. The Morgan fingerprint density at radius 1 is 1.29 bits per heavy atom. The van der Waals surface area contributed by atoms with E-state index < -0.39 is 5.54 Å². The minimum atomic E-state index is -0.497. The van der Waals surface area contributed by atoms with Crippen LogP contribution in [-0.2, 0) is 0 Å². The normalized spacial score (nSPS) is 13.8. The molecule has 0 amide bonds. The van der Waals surface area contributed by atoms with Gasteiger partial charge in [-0.2, -0.15) is 5.26 Å². The van der Waals surface area contributed by atoms with Crippen LogP contribution < -0.4 is 5.32 Å². The quantitative estimate of drug-likeness (QED) is 0.748. The average Bonchev–Trinajstić information content (AvgIpc) is 2.33. The van der Waals surface area contributed by atoms with Gasteiger partial charge in [0.05, 0.1) is 6.07 Å². The molecule has 2 nitrogen and oxygen atoms in total. The van der Waals surface area contributed by atoms with Gasteiger partial charge in [-0.25, -0.2) is 0 Å². The van der Waals surface area contributed by atoms with Crippen molar-refractivity contribution in [3.8, 4) is 6.07 Å². The Balaban J connectivity index is 2.62. The second-order valence-electron chi connectivity index (χ2n) is 4.53. The van der Waals surface area contributed by atoms with E-state index in [1.807, 2.05) is 31.2 Å². The number of unbranched alkanes of at least 4 members (excludes halogenated alkanes) is 2. The van der Waals surface area contributed by atoms with Gasteiger partial charge in [-0.15, -0.1) is 0 Å². The highest BCUT2D eigenvalue weighted by atomic mass is 35.5. The Morgan fingerprint density at radius 2 is 1.94 bits per heavy atom. The van der Waals surface area contributed by atoms with Crippen molar-refractivity contribution in [1.82, 2.24) is 0 Å². The molecule has 1 rings (SSSR count). The summed E-state index contributed by atoms with van der Waals surface area (Å²) in [5.74, 6) is 0. The monoisotopic (exact) mass is 250 g/mol. The third-order valence-electron chi connectivity index (χ3n) is 2.79. The summed E-state index contributed by atoms with van der Waals surface area (Å²) in [6.45, 7) is 4.10. The Kier molecular flexibility index (Phi) is 5.31. The second-order valence-corrected chi connectivity index (χ2v) is 4.97. The maximum atomic E-state index is 9.26. The number of benzene rings is 1. The van der Waals surface area contributed by atoms with E-state index in [0.29, 0.717) is 5.02 Å². The molecule has 0 saturated carbocycles. The zero-order valence-corrected chi connectivity index (χ0v) is 11.2. The molecule has 0 radical (unpaired) electrons. The van der Waals surface area contributed by atoms with E-state index in [0.717, 1.165) is 18.5 Å². The Morgan fingerprint density at radius 3 is 2.47 bits per heavy atom. The second kappa shape index (κ2) is 6.51. The molecule has 0 fully saturated rings. The Labute approximate surface area is 109 Å². The van der Waals surface area contributed by atoms with Gasteiger partial charge in [0.2, 0.25) is 0 Å². The molecule has 1 N–H and O–H groups in total. The standard InChI is InChI=1S/C14H19ClN2/c1-3-4-5-10-14(2,11-16)17-13-8-6-12(15)7-9-13/h6-9,17H,3-5,10H2,1-2H3. The van der Waals surface area contributed by atoms with Crippen molar-refractivity contribution in [2.75, 3.05) is 5.32 Å². The highest BCUT2D eigenvalue weighted by Gasteiger charge is 2.22. The molecule has 1 aromatic carbocycles. The topological polar surface area (TPSA) is 35.8 Å². The minimum absolute atomic E-state index is 0.497. The largest absolute Gasteiger partial charge is 0.368 e. The molecule has 0 saturated heterocycles. The fourth-order valence-corrected chi connectivity index (χ4v) is 1.85. The van der Waals surface area contributed by atoms with E-state index in [4.69, 9.17) is 11.6 Å². The first-order valence-corrected chi connectivity index (χ1v) is 6.42. The summed E-state index contributed by atoms with van der Waals surface area (Å²) in [7, 11) is 0. The van der Waals surface area contributed by atoms with Gasteiger partial charge >= 0.3 is 0 Å². The predicted molar refractivity (Wildman–Crippen MR) is 73.2 cm³/mol. The lowest BCUT2D eigenvalue weighted by Crippen LogP contribution is -2.32. The van der Waals surface area contributed by atoms with Crippen LogP contribution in [0.25, 0.3) is 0 Å². The smallest absolute Gasteiger partial charge is 0.122 e. The summed E-state index contributed by atoms with van der Waals surface area (Å²) in [6, 6.07) is 9.81. The van der Waals surface area contributed by atoms with E-state index in [2.05, 4.69) is 18.3 Å². The van der Waals surface area contributed by atoms with E-state index in [1.165, 1.54) is 12.8 Å². The van der Waals surface area contributed by atoms with E-state index >= 15 is 0 Å². The molecule has 0 aliphatic rings. The highest BCUT2D eigenvalue weighted by Crippen LogP contribution is 2.22.